The molecule has 0 aromatic rings. The van der Waals surface area contributed by atoms with Gasteiger partial charge in [0.25, 0.3) is 0 Å². The third-order valence-corrected chi connectivity index (χ3v) is 4.90. The minimum Gasteiger partial charge on any atom is -0.481 e. The maximum absolute atomic E-state index is 10.2. The summed E-state index contributed by atoms with van der Waals surface area (Å²) in [7, 11) is 3.92. The second kappa shape index (κ2) is 8.17. The molecule has 80 valence electrons. The minimum absolute atomic E-state index is 0. The number of hydrogen-bond acceptors (Lipinski definition) is 3. The molecule has 1 saturated heterocycles. The van der Waals surface area contributed by atoms with Gasteiger partial charge in [0.15, 0.2) is 0 Å². The Kier molecular flexibility index (Phi) is 8.69. The van der Waals surface area contributed by atoms with Crippen molar-refractivity contribution in [3.63, 3.8) is 0 Å². The summed E-state index contributed by atoms with van der Waals surface area (Å²) in [6.07, 6.45) is 4.76. The van der Waals surface area contributed by atoms with Crippen molar-refractivity contribution in [2.45, 2.75) is 37.4 Å². The Balaban J connectivity index is 0.00000144. The zero-order valence-corrected chi connectivity index (χ0v) is 10.5. The molecule has 1 aliphatic heterocycles. The first-order valence-electron chi connectivity index (χ1n) is 4.29. The molecule has 1 heterocycles. The summed E-state index contributed by atoms with van der Waals surface area (Å²) in [6, 6.07) is 0. The third-order valence-electron chi connectivity index (χ3n) is 1.89. The molecule has 0 amide bonds. The van der Waals surface area contributed by atoms with Crippen LogP contribution in [0.1, 0.15) is 32.1 Å². The van der Waals surface area contributed by atoms with Crippen molar-refractivity contribution < 1.29 is 30.3 Å². The second-order valence-electron chi connectivity index (χ2n) is 2.97. The number of carboxylic acids is 1. The van der Waals surface area contributed by atoms with Crippen LogP contribution in [0.2, 0.25) is 0 Å². The molecule has 0 aromatic heterocycles. The number of carbonyl (C=O) groups is 1. The summed E-state index contributed by atoms with van der Waals surface area (Å²) in [4.78, 5) is 10.2. The van der Waals surface area contributed by atoms with E-state index in [-0.39, 0.29) is 20.4 Å². The summed E-state index contributed by atoms with van der Waals surface area (Å²) in [5, 5.41) is 9.19. The van der Waals surface area contributed by atoms with E-state index in [4.69, 9.17) is 5.11 Å². The molecular weight excluding hydrogens is 299 g/mol. The Morgan fingerprint density at radius 3 is 2.77 bits per heavy atom. The minimum atomic E-state index is -0.663. The van der Waals surface area contributed by atoms with Crippen LogP contribution in [0.3, 0.4) is 0 Å². The van der Waals surface area contributed by atoms with Crippen molar-refractivity contribution in [1.29, 1.82) is 0 Å². The molecule has 0 spiro atoms. The van der Waals surface area contributed by atoms with E-state index in [0.717, 1.165) is 18.1 Å². The first kappa shape index (κ1) is 13.8. The van der Waals surface area contributed by atoms with Crippen LogP contribution in [-0.4, -0.2) is 22.1 Å². The fourth-order valence-corrected chi connectivity index (χ4v) is 4.24. The fourth-order valence-electron chi connectivity index (χ4n) is 1.21. The van der Waals surface area contributed by atoms with Gasteiger partial charge in [-0.05, 0) is 19.3 Å². The standard InChI is InChI=1S/C8H14O2S2.Pd/c9-8(10)4-2-1-3-7-5-6-11-12-7;/h7H,1-6H2,(H,9,10);. The van der Waals surface area contributed by atoms with E-state index < -0.39 is 5.97 Å². The average Bonchev–Trinajstić information content (AvgIpc) is 2.49. The average molecular weight is 313 g/mol. The molecule has 0 saturated carbocycles. The molecule has 1 N–H and O–H groups in total. The molecule has 2 nitrogen and oxygen atoms in total. The topological polar surface area (TPSA) is 37.3 Å². The van der Waals surface area contributed by atoms with Crippen molar-refractivity contribution >= 4 is 27.6 Å². The zero-order valence-electron chi connectivity index (χ0n) is 7.31. The van der Waals surface area contributed by atoms with E-state index in [1.807, 2.05) is 21.6 Å². The zero-order chi connectivity index (χ0) is 8.81. The SMILES string of the molecule is O=C(O)CCCCC1CCSS1.[Pd]. The van der Waals surface area contributed by atoms with E-state index >= 15 is 0 Å². The molecule has 5 heteroatoms. The van der Waals surface area contributed by atoms with Gasteiger partial charge in [-0.1, -0.05) is 28.0 Å². The normalized spacial score (nSPS) is 21.1. The quantitative estimate of drug-likeness (QED) is 0.481. The number of unbranched alkanes of at least 4 members (excludes halogenated alkanes) is 1. The van der Waals surface area contributed by atoms with Crippen LogP contribution in [0.4, 0.5) is 0 Å². The third kappa shape index (κ3) is 6.84. The smallest absolute Gasteiger partial charge is 0.303 e. The molecule has 1 unspecified atom stereocenters. The van der Waals surface area contributed by atoms with Crippen LogP contribution in [0.25, 0.3) is 0 Å². The van der Waals surface area contributed by atoms with Crippen LogP contribution in [0.5, 0.6) is 0 Å². The molecular formula is C8H14O2PdS2. The monoisotopic (exact) mass is 312 g/mol. The number of rotatable bonds is 5. The molecule has 13 heavy (non-hydrogen) atoms. The molecule has 1 fully saturated rings. The Bertz CT molecular complexity index is 149. The van der Waals surface area contributed by atoms with Gasteiger partial charge in [0.1, 0.15) is 0 Å². The van der Waals surface area contributed by atoms with Gasteiger partial charge in [0.2, 0.25) is 0 Å². The predicted molar refractivity (Wildman–Crippen MR) is 54.6 cm³/mol. The molecule has 0 aromatic carbocycles. The van der Waals surface area contributed by atoms with E-state index in [0.29, 0.717) is 6.42 Å². The van der Waals surface area contributed by atoms with Crippen LogP contribution >= 0.6 is 21.6 Å². The molecule has 1 atom stereocenters. The number of hydrogen-bond donors (Lipinski definition) is 1. The molecule has 0 bridgehead atoms. The van der Waals surface area contributed by atoms with E-state index in [1.165, 1.54) is 18.6 Å². The van der Waals surface area contributed by atoms with Gasteiger partial charge in [-0.2, -0.15) is 0 Å². The second-order valence-corrected chi connectivity index (χ2v) is 5.76. The van der Waals surface area contributed by atoms with E-state index in [9.17, 15) is 4.79 Å². The van der Waals surface area contributed by atoms with Crippen molar-refractivity contribution in [2.24, 2.45) is 0 Å². The maximum atomic E-state index is 10.2. The van der Waals surface area contributed by atoms with Gasteiger partial charge in [-0.25, -0.2) is 0 Å². The Hall–Kier alpha value is 0.832. The number of carboxylic acid groups (broad SMARTS) is 1. The fraction of sp³-hybridized carbons (Fsp3) is 0.875. The molecule has 1 aliphatic rings. The summed E-state index contributed by atoms with van der Waals surface area (Å²) in [6.45, 7) is 0. The van der Waals surface area contributed by atoms with Crippen LogP contribution in [0, 0.1) is 0 Å². The first-order valence-corrected chi connectivity index (χ1v) is 6.67. The van der Waals surface area contributed by atoms with Gasteiger partial charge in [-0.15, -0.1) is 0 Å². The van der Waals surface area contributed by atoms with E-state index in [2.05, 4.69) is 0 Å². The summed E-state index contributed by atoms with van der Waals surface area (Å²) in [5.74, 6) is 0.609. The van der Waals surface area contributed by atoms with Gasteiger partial charge < -0.3 is 5.11 Å². The van der Waals surface area contributed by atoms with Gasteiger partial charge in [0.05, 0.1) is 0 Å². The van der Waals surface area contributed by atoms with Crippen molar-refractivity contribution in [2.75, 3.05) is 5.75 Å². The van der Waals surface area contributed by atoms with Crippen molar-refractivity contribution in [1.82, 2.24) is 0 Å². The predicted octanol–water partition coefficient (Wildman–Crippen LogP) is 2.78. The summed E-state index contributed by atoms with van der Waals surface area (Å²) >= 11 is 0. The molecule has 0 aliphatic carbocycles. The van der Waals surface area contributed by atoms with Crippen LogP contribution in [-0.2, 0) is 25.2 Å². The van der Waals surface area contributed by atoms with E-state index in [1.54, 1.807) is 0 Å². The van der Waals surface area contributed by atoms with Crippen LogP contribution < -0.4 is 0 Å². The Labute approximate surface area is 101 Å². The van der Waals surface area contributed by atoms with Crippen LogP contribution in [0.15, 0.2) is 0 Å². The van der Waals surface area contributed by atoms with Crippen molar-refractivity contribution in [3.05, 3.63) is 0 Å². The number of aliphatic carboxylic acids is 1. The first-order chi connectivity index (χ1) is 5.79. The van der Waals surface area contributed by atoms with Crippen molar-refractivity contribution in [3.8, 4) is 0 Å². The van der Waals surface area contributed by atoms with Gasteiger partial charge in [-0.3, -0.25) is 4.79 Å². The molecule has 1 rings (SSSR count). The Morgan fingerprint density at radius 2 is 2.23 bits per heavy atom. The Morgan fingerprint density at radius 1 is 1.46 bits per heavy atom. The maximum Gasteiger partial charge on any atom is 0.303 e. The summed E-state index contributed by atoms with van der Waals surface area (Å²) in [5.41, 5.74) is 0. The van der Waals surface area contributed by atoms with Gasteiger partial charge >= 0.3 is 5.97 Å². The van der Waals surface area contributed by atoms with Gasteiger partial charge in [0, 0.05) is 37.8 Å². The summed E-state index contributed by atoms with van der Waals surface area (Å²) < 4.78 is 0. The molecule has 0 radical (unpaired) electrons. The largest absolute Gasteiger partial charge is 0.481 e.